The van der Waals surface area contributed by atoms with Gasteiger partial charge >= 0.3 is 0 Å². The zero-order valence-corrected chi connectivity index (χ0v) is 22.3. The Balaban J connectivity index is 1.81. The number of aryl methyl sites for hydroxylation is 1. The van der Waals surface area contributed by atoms with Gasteiger partial charge in [0.15, 0.2) is 11.9 Å². The van der Waals surface area contributed by atoms with Crippen LogP contribution in [0.1, 0.15) is 114 Å². The lowest BCUT2D eigenvalue weighted by atomic mass is 9.85. The van der Waals surface area contributed by atoms with Crippen LogP contribution in [-0.4, -0.2) is 12.5 Å². The Kier molecular flexibility index (Phi) is 12.1. The second-order valence-corrected chi connectivity index (χ2v) is 10.5. The van der Waals surface area contributed by atoms with E-state index in [1.165, 1.54) is 57.8 Å². The van der Waals surface area contributed by atoms with Gasteiger partial charge < -0.3 is 10.1 Å². The molecule has 0 aliphatic heterocycles. The first-order valence-electron chi connectivity index (χ1n) is 13.3. The minimum Gasteiger partial charge on any atom is -0.493 e. The van der Waals surface area contributed by atoms with Crippen LogP contribution in [0.25, 0.3) is 0 Å². The van der Waals surface area contributed by atoms with Crippen molar-refractivity contribution in [3.63, 3.8) is 0 Å². The summed E-state index contributed by atoms with van der Waals surface area (Å²) >= 11 is 0. The third-order valence-corrected chi connectivity index (χ3v) is 6.40. The molecule has 4 heteroatoms. The Morgan fingerprint density at radius 3 is 2.18 bits per heavy atom. The molecule has 1 N–H and O–H groups in total. The highest BCUT2D eigenvalue weighted by molar-refractivity contribution is 5.94. The summed E-state index contributed by atoms with van der Waals surface area (Å²) < 4.78 is 8.20. The van der Waals surface area contributed by atoms with E-state index in [9.17, 15) is 4.79 Å². The summed E-state index contributed by atoms with van der Waals surface area (Å²) in [6.07, 6.45) is 15.2. The molecule has 0 unspecified atom stereocenters. The van der Waals surface area contributed by atoms with Crippen molar-refractivity contribution in [2.75, 3.05) is 6.61 Å². The van der Waals surface area contributed by atoms with E-state index >= 15 is 0 Å². The van der Waals surface area contributed by atoms with E-state index < -0.39 is 0 Å². The fourth-order valence-electron chi connectivity index (χ4n) is 4.17. The highest BCUT2D eigenvalue weighted by atomic mass is 16.5. The standard InChI is InChI=1S/C30H46N2O2/c1-6-7-8-9-10-11-12-13-14-17-22-34-28-20-19-25(23-27(28)30(2,3)4)29(33)31-24-26-18-15-16-21-32(26)5/h15-16,18-21,23H,6-14,17,22,24H2,1-5H3/p+1. The molecule has 0 atom stereocenters. The van der Waals surface area contributed by atoms with Crippen molar-refractivity contribution in [3.8, 4) is 5.75 Å². The fraction of sp³-hybridized carbons (Fsp3) is 0.600. The summed E-state index contributed by atoms with van der Waals surface area (Å²) in [5, 5.41) is 3.04. The molecule has 0 aliphatic carbocycles. The molecule has 0 radical (unpaired) electrons. The van der Waals surface area contributed by atoms with E-state index in [4.69, 9.17) is 4.74 Å². The van der Waals surface area contributed by atoms with E-state index in [1.54, 1.807) is 0 Å². The normalized spacial score (nSPS) is 11.4. The van der Waals surface area contributed by atoms with E-state index in [0.29, 0.717) is 12.1 Å². The number of ether oxygens (including phenoxy) is 1. The van der Waals surface area contributed by atoms with Crippen molar-refractivity contribution in [2.24, 2.45) is 7.05 Å². The Morgan fingerprint density at radius 2 is 1.56 bits per heavy atom. The minimum absolute atomic E-state index is 0.0596. The molecule has 2 aromatic rings. The van der Waals surface area contributed by atoms with Crippen molar-refractivity contribution >= 4 is 5.91 Å². The molecule has 0 bridgehead atoms. The topological polar surface area (TPSA) is 42.2 Å². The van der Waals surface area contributed by atoms with Gasteiger partial charge in [-0.05, 0) is 30.0 Å². The third kappa shape index (κ3) is 9.87. The number of pyridine rings is 1. The Bertz CT molecular complexity index is 870. The first kappa shape index (κ1) is 27.9. The van der Waals surface area contributed by atoms with Gasteiger partial charge in [0.2, 0.25) is 0 Å². The van der Waals surface area contributed by atoms with Crippen LogP contribution in [0.4, 0.5) is 0 Å². The number of aromatic nitrogens is 1. The second-order valence-electron chi connectivity index (χ2n) is 10.5. The van der Waals surface area contributed by atoms with Crippen LogP contribution in [0.5, 0.6) is 5.75 Å². The minimum atomic E-state index is -0.102. The molecule has 0 saturated heterocycles. The van der Waals surface area contributed by atoms with Crippen molar-refractivity contribution in [1.29, 1.82) is 0 Å². The number of carbonyl (C=O) groups excluding carboxylic acids is 1. The molecule has 34 heavy (non-hydrogen) atoms. The van der Waals surface area contributed by atoms with Gasteiger partial charge in [0.1, 0.15) is 19.3 Å². The maximum absolute atomic E-state index is 12.8. The number of hydrogen-bond acceptors (Lipinski definition) is 2. The zero-order chi connectivity index (χ0) is 24.8. The maximum Gasteiger partial charge on any atom is 0.251 e. The van der Waals surface area contributed by atoms with Gasteiger partial charge in [-0.25, -0.2) is 4.57 Å². The van der Waals surface area contributed by atoms with Crippen molar-refractivity contribution in [2.45, 2.75) is 104 Å². The van der Waals surface area contributed by atoms with E-state index in [-0.39, 0.29) is 11.3 Å². The number of carbonyl (C=O) groups is 1. The number of amides is 1. The first-order valence-corrected chi connectivity index (χ1v) is 13.3. The van der Waals surface area contributed by atoms with Crippen molar-refractivity contribution in [3.05, 3.63) is 59.4 Å². The molecule has 0 aliphatic rings. The zero-order valence-electron chi connectivity index (χ0n) is 22.3. The lowest BCUT2D eigenvalue weighted by molar-refractivity contribution is -0.679. The molecule has 0 spiro atoms. The number of benzene rings is 1. The van der Waals surface area contributed by atoms with Crippen molar-refractivity contribution < 1.29 is 14.1 Å². The summed E-state index contributed by atoms with van der Waals surface area (Å²) in [5.74, 6) is 0.838. The average Bonchev–Trinajstić information content (AvgIpc) is 2.81. The molecule has 1 aromatic carbocycles. The molecule has 0 fully saturated rings. The molecular weight excluding hydrogens is 420 g/mol. The number of nitrogens with one attached hydrogen (secondary N) is 1. The van der Waals surface area contributed by atoms with Crippen LogP contribution in [-0.2, 0) is 19.0 Å². The lowest BCUT2D eigenvalue weighted by Crippen LogP contribution is -2.37. The van der Waals surface area contributed by atoms with Crippen LogP contribution in [0.15, 0.2) is 42.6 Å². The highest BCUT2D eigenvalue weighted by Gasteiger charge is 2.21. The average molecular weight is 468 g/mol. The summed E-state index contributed by atoms with van der Waals surface area (Å²) in [5.41, 5.74) is 2.71. The van der Waals surface area contributed by atoms with Crippen LogP contribution >= 0.6 is 0 Å². The molecule has 1 heterocycles. The van der Waals surface area contributed by atoms with Crippen LogP contribution in [0.2, 0.25) is 0 Å². The Morgan fingerprint density at radius 1 is 0.912 bits per heavy atom. The molecule has 4 nitrogen and oxygen atoms in total. The van der Waals surface area contributed by atoms with E-state index in [2.05, 4.69) is 33.0 Å². The summed E-state index contributed by atoms with van der Waals surface area (Å²) in [6.45, 7) is 10.0. The lowest BCUT2D eigenvalue weighted by Gasteiger charge is -2.23. The molecule has 2 rings (SSSR count). The van der Waals surface area contributed by atoms with Crippen LogP contribution < -0.4 is 14.6 Å². The number of unbranched alkanes of at least 4 members (excludes halogenated alkanes) is 9. The van der Waals surface area contributed by atoms with Gasteiger partial charge in [-0.2, -0.15) is 0 Å². The second kappa shape index (κ2) is 14.8. The largest absolute Gasteiger partial charge is 0.493 e. The van der Waals surface area contributed by atoms with Gasteiger partial charge in [0.05, 0.1) is 6.61 Å². The van der Waals surface area contributed by atoms with E-state index in [0.717, 1.165) is 30.0 Å². The summed E-state index contributed by atoms with van der Waals surface area (Å²) in [6, 6.07) is 11.8. The molecule has 188 valence electrons. The quantitative estimate of drug-likeness (QED) is 0.225. The molecule has 0 saturated carbocycles. The SMILES string of the molecule is CCCCCCCCCCCCOc1ccc(C(=O)NCc2cccc[n+]2C)cc1C(C)(C)C. The summed E-state index contributed by atoms with van der Waals surface area (Å²) in [4.78, 5) is 12.8. The fourth-order valence-corrected chi connectivity index (χ4v) is 4.17. The number of rotatable bonds is 15. The Hall–Kier alpha value is -2.36. The number of hydrogen-bond donors (Lipinski definition) is 1. The summed E-state index contributed by atoms with van der Waals surface area (Å²) in [7, 11) is 1.99. The Labute approximate surface area is 208 Å². The van der Waals surface area contributed by atoms with Gasteiger partial charge in [0.25, 0.3) is 5.91 Å². The first-order chi connectivity index (χ1) is 16.3. The van der Waals surface area contributed by atoms with Gasteiger partial charge in [-0.1, -0.05) is 91.5 Å². The maximum atomic E-state index is 12.8. The van der Waals surface area contributed by atoms with E-state index in [1.807, 2.05) is 54.2 Å². The van der Waals surface area contributed by atoms with Gasteiger partial charge in [-0.15, -0.1) is 0 Å². The molecule has 1 aromatic heterocycles. The van der Waals surface area contributed by atoms with Crippen LogP contribution in [0, 0.1) is 0 Å². The molecule has 1 amide bonds. The van der Waals surface area contributed by atoms with Gasteiger partial charge in [-0.3, -0.25) is 4.79 Å². The third-order valence-electron chi connectivity index (χ3n) is 6.40. The predicted octanol–water partition coefficient (Wildman–Crippen LogP) is 7.04. The van der Waals surface area contributed by atoms with Gasteiger partial charge in [0, 0.05) is 23.3 Å². The molecular formula is C30H47N2O2+. The smallest absolute Gasteiger partial charge is 0.251 e. The number of nitrogens with zero attached hydrogens (tertiary/aromatic N) is 1. The highest BCUT2D eigenvalue weighted by Crippen LogP contribution is 2.32. The van der Waals surface area contributed by atoms with Crippen molar-refractivity contribution in [1.82, 2.24) is 5.32 Å². The van der Waals surface area contributed by atoms with Crippen LogP contribution in [0.3, 0.4) is 0 Å². The monoisotopic (exact) mass is 467 g/mol. The predicted molar refractivity (Wildman–Crippen MR) is 141 cm³/mol.